The molecule has 0 aliphatic rings. The summed E-state index contributed by atoms with van der Waals surface area (Å²) in [4.78, 5) is 4.37. The third-order valence-electron chi connectivity index (χ3n) is 4.25. The van der Waals surface area contributed by atoms with Gasteiger partial charge in [-0.2, -0.15) is 9.99 Å². The average Bonchev–Trinajstić information content (AvgIpc) is 2.65. The Balaban J connectivity index is 2.46. The summed E-state index contributed by atoms with van der Waals surface area (Å²) < 4.78 is 12.1. The summed E-state index contributed by atoms with van der Waals surface area (Å²) in [5, 5.41) is 22.5. The number of benzene rings is 1. The first-order chi connectivity index (χ1) is 12.5. The first-order valence-electron chi connectivity index (χ1n) is 8.25. The van der Waals surface area contributed by atoms with Crippen molar-refractivity contribution in [2.45, 2.75) is 20.8 Å². The number of nitrogens with zero attached hydrogens (tertiary/aromatic N) is 3. The Labute approximate surface area is 151 Å². The van der Waals surface area contributed by atoms with Crippen LogP contribution < -0.4 is 14.2 Å². The normalized spacial score (nSPS) is 10.6. The highest BCUT2D eigenvalue weighted by atomic mass is 16.5. The average molecular weight is 349 g/mol. The van der Waals surface area contributed by atoms with Gasteiger partial charge in [-0.1, -0.05) is 0 Å². The fraction of sp³-hybridized carbons (Fsp3) is 0.250. The van der Waals surface area contributed by atoms with E-state index in [2.05, 4.69) is 11.1 Å². The molecule has 0 saturated heterocycles. The van der Waals surface area contributed by atoms with Gasteiger partial charge in [-0.25, -0.2) is 4.98 Å². The van der Waals surface area contributed by atoms with E-state index in [9.17, 15) is 5.21 Å². The molecule has 0 saturated carbocycles. The van der Waals surface area contributed by atoms with Crippen molar-refractivity contribution >= 4 is 10.9 Å². The van der Waals surface area contributed by atoms with Gasteiger partial charge in [-0.15, -0.1) is 0 Å². The lowest BCUT2D eigenvalue weighted by atomic mass is 9.97. The van der Waals surface area contributed by atoms with Gasteiger partial charge in [0.2, 0.25) is 11.4 Å². The van der Waals surface area contributed by atoms with Gasteiger partial charge in [0, 0.05) is 35.9 Å². The van der Waals surface area contributed by atoms with Crippen LogP contribution in [0.2, 0.25) is 0 Å². The lowest BCUT2D eigenvalue weighted by Gasteiger charge is -2.16. The van der Waals surface area contributed by atoms with Crippen molar-refractivity contribution in [3.8, 4) is 28.8 Å². The number of rotatable bonds is 4. The van der Waals surface area contributed by atoms with Gasteiger partial charge in [0.1, 0.15) is 11.1 Å². The van der Waals surface area contributed by atoms with Crippen molar-refractivity contribution in [2.24, 2.45) is 0 Å². The van der Waals surface area contributed by atoms with Crippen molar-refractivity contribution in [3.63, 3.8) is 0 Å². The fourth-order valence-electron chi connectivity index (χ4n) is 3.04. The Morgan fingerprint density at radius 1 is 1.23 bits per heavy atom. The zero-order chi connectivity index (χ0) is 18.8. The summed E-state index contributed by atoms with van der Waals surface area (Å²) in [5.74, 6) is 0.955. The summed E-state index contributed by atoms with van der Waals surface area (Å²) in [6.45, 7) is 5.90. The van der Waals surface area contributed by atoms with Crippen molar-refractivity contribution < 1.29 is 14.2 Å². The molecule has 3 rings (SSSR count). The van der Waals surface area contributed by atoms with E-state index >= 15 is 0 Å². The van der Waals surface area contributed by atoms with Crippen molar-refractivity contribution in [1.29, 1.82) is 5.26 Å². The molecule has 3 aromatic rings. The van der Waals surface area contributed by atoms with Gasteiger partial charge in [0.15, 0.2) is 5.69 Å². The molecule has 0 fully saturated rings. The van der Waals surface area contributed by atoms with Gasteiger partial charge in [0.05, 0.1) is 25.3 Å². The number of aromatic nitrogens is 2. The lowest BCUT2D eigenvalue weighted by molar-refractivity contribution is -0.584. The summed E-state index contributed by atoms with van der Waals surface area (Å²) in [6, 6.07) is 9.12. The highest BCUT2D eigenvalue weighted by molar-refractivity contribution is 5.99. The van der Waals surface area contributed by atoms with Crippen LogP contribution in [0, 0.1) is 30.4 Å². The maximum Gasteiger partial charge on any atom is 0.234 e. The number of aryl methyl sites for hydroxylation is 2. The molecular formula is C20H19N3O3. The minimum atomic E-state index is 0.402. The van der Waals surface area contributed by atoms with Gasteiger partial charge < -0.3 is 14.7 Å². The molecule has 6 heteroatoms. The highest BCUT2D eigenvalue weighted by Gasteiger charge is 2.23. The molecule has 2 heterocycles. The monoisotopic (exact) mass is 349 g/mol. The molecule has 0 aliphatic heterocycles. The van der Waals surface area contributed by atoms with Gasteiger partial charge in [0.25, 0.3) is 0 Å². The largest absolute Gasteiger partial charge is 0.618 e. The Bertz CT molecular complexity index is 1040. The van der Waals surface area contributed by atoms with Crippen molar-refractivity contribution in [3.05, 3.63) is 52.5 Å². The highest BCUT2D eigenvalue weighted by Crippen LogP contribution is 2.39. The molecule has 6 nitrogen and oxygen atoms in total. The zero-order valence-electron chi connectivity index (χ0n) is 15.2. The van der Waals surface area contributed by atoms with E-state index in [1.54, 1.807) is 38.4 Å². The second kappa shape index (κ2) is 6.89. The molecule has 2 aromatic heterocycles. The van der Waals surface area contributed by atoms with E-state index in [0.29, 0.717) is 40.4 Å². The SMILES string of the molecule is CCOc1ncc(C)c2c1c(-c1ccc(C#N)cc1OC)cc(C)[n+]2[O-]. The minimum Gasteiger partial charge on any atom is -0.618 e. The van der Waals surface area contributed by atoms with E-state index < -0.39 is 0 Å². The summed E-state index contributed by atoms with van der Waals surface area (Å²) in [7, 11) is 1.55. The molecule has 0 atom stereocenters. The molecule has 0 radical (unpaired) electrons. The van der Waals surface area contributed by atoms with Crippen LogP contribution in [0.5, 0.6) is 11.6 Å². The van der Waals surface area contributed by atoms with Crippen LogP contribution >= 0.6 is 0 Å². The lowest BCUT2D eigenvalue weighted by Crippen LogP contribution is -2.32. The van der Waals surface area contributed by atoms with E-state index in [1.807, 2.05) is 19.9 Å². The van der Waals surface area contributed by atoms with Crippen LogP contribution in [0.3, 0.4) is 0 Å². The number of ether oxygens (including phenoxy) is 2. The van der Waals surface area contributed by atoms with Crippen molar-refractivity contribution in [2.75, 3.05) is 13.7 Å². The fourth-order valence-corrected chi connectivity index (χ4v) is 3.04. The predicted octanol–water partition coefficient (Wildman–Crippen LogP) is 3.43. The van der Waals surface area contributed by atoms with Crippen LogP contribution in [0.15, 0.2) is 30.5 Å². The third-order valence-corrected chi connectivity index (χ3v) is 4.25. The molecule has 26 heavy (non-hydrogen) atoms. The van der Waals surface area contributed by atoms with Crippen LogP contribution in [0.1, 0.15) is 23.7 Å². The van der Waals surface area contributed by atoms with Gasteiger partial charge in [-0.3, -0.25) is 0 Å². The molecule has 1 aromatic carbocycles. The van der Waals surface area contributed by atoms with Crippen molar-refractivity contribution in [1.82, 2.24) is 4.98 Å². The molecule has 0 spiro atoms. The van der Waals surface area contributed by atoms with E-state index in [-0.39, 0.29) is 0 Å². The zero-order valence-corrected chi connectivity index (χ0v) is 15.2. The smallest absolute Gasteiger partial charge is 0.234 e. The standard InChI is InChI=1S/C20H19N3O3/c1-5-26-20-18-16(15-7-6-14(10-21)9-17(15)25-4)8-13(3)23(24)19(18)12(2)11-22-20/h6-9,11H,5H2,1-4H3. The summed E-state index contributed by atoms with van der Waals surface area (Å²) in [5.41, 5.74) is 3.89. The molecule has 0 bridgehead atoms. The van der Waals surface area contributed by atoms with E-state index in [4.69, 9.17) is 14.7 Å². The van der Waals surface area contributed by atoms with Crippen LogP contribution in [-0.2, 0) is 0 Å². The minimum absolute atomic E-state index is 0.402. The first-order valence-corrected chi connectivity index (χ1v) is 8.25. The van der Waals surface area contributed by atoms with Crippen LogP contribution in [0.25, 0.3) is 22.0 Å². The molecule has 0 N–H and O–H groups in total. The Morgan fingerprint density at radius 3 is 2.65 bits per heavy atom. The number of methoxy groups -OCH3 is 1. The number of hydrogen-bond acceptors (Lipinski definition) is 5. The van der Waals surface area contributed by atoms with Gasteiger partial charge >= 0.3 is 0 Å². The second-order valence-electron chi connectivity index (χ2n) is 5.92. The molecule has 0 amide bonds. The maximum absolute atomic E-state index is 12.7. The Kier molecular flexibility index (Phi) is 4.63. The molecular weight excluding hydrogens is 330 g/mol. The van der Waals surface area contributed by atoms with E-state index in [1.165, 1.54) is 0 Å². The van der Waals surface area contributed by atoms with Crippen LogP contribution in [0.4, 0.5) is 0 Å². The first kappa shape index (κ1) is 17.5. The molecule has 0 aliphatic carbocycles. The number of hydrogen-bond donors (Lipinski definition) is 0. The second-order valence-corrected chi connectivity index (χ2v) is 5.92. The summed E-state index contributed by atoms with van der Waals surface area (Å²) >= 11 is 0. The van der Waals surface area contributed by atoms with Crippen LogP contribution in [-0.4, -0.2) is 18.7 Å². The number of fused-ring (bicyclic) bond motifs is 1. The number of nitriles is 1. The van der Waals surface area contributed by atoms with E-state index in [0.717, 1.165) is 21.4 Å². The third kappa shape index (κ3) is 2.78. The molecule has 132 valence electrons. The maximum atomic E-state index is 12.7. The quantitative estimate of drug-likeness (QED) is 0.532. The Hall–Kier alpha value is -3.33. The number of pyridine rings is 2. The predicted molar refractivity (Wildman–Crippen MR) is 98.0 cm³/mol. The Morgan fingerprint density at radius 2 is 2.00 bits per heavy atom. The summed E-state index contributed by atoms with van der Waals surface area (Å²) in [6.07, 6.45) is 1.64. The topological polar surface area (TPSA) is 82.1 Å². The molecule has 0 unspecified atom stereocenters. The van der Waals surface area contributed by atoms with Gasteiger partial charge in [-0.05, 0) is 32.0 Å².